The first kappa shape index (κ1) is 16.8. The van der Waals surface area contributed by atoms with Crippen LogP contribution in [0.4, 0.5) is 0 Å². The number of hydrogen-bond donors (Lipinski definition) is 1. The van der Waals surface area contributed by atoms with E-state index in [0.717, 1.165) is 30.2 Å². The minimum atomic E-state index is -3.43. The second-order valence-electron chi connectivity index (χ2n) is 5.42. The summed E-state index contributed by atoms with van der Waals surface area (Å²) in [6, 6.07) is 7.19. The number of nitrogens with zero attached hydrogens (tertiary/aromatic N) is 2. The summed E-state index contributed by atoms with van der Waals surface area (Å²) < 4.78 is 32.1. The molecule has 1 saturated heterocycles. The number of sulfonamides is 1. The fourth-order valence-corrected chi connectivity index (χ4v) is 4.84. The molecule has 0 unspecified atom stereocenters. The zero-order valence-corrected chi connectivity index (χ0v) is 14.5. The number of benzene rings is 1. The summed E-state index contributed by atoms with van der Waals surface area (Å²) >= 11 is 1.62. The molecule has 3 rings (SSSR count). The molecule has 0 amide bonds. The molecule has 1 aromatic carbocycles. The van der Waals surface area contributed by atoms with Crippen molar-refractivity contribution in [3.05, 3.63) is 29.8 Å². The Balaban J connectivity index is 1.70. The van der Waals surface area contributed by atoms with Gasteiger partial charge in [0.2, 0.25) is 10.0 Å². The van der Waals surface area contributed by atoms with Gasteiger partial charge in [0.15, 0.2) is 5.17 Å². The van der Waals surface area contributed by atoms with Gasteiger partial charge in [-0.2, -0.15) is 4.31 Å². The van der Waals surface area contributed by atoms with E-state index in [4.69, 9.17) is 4.74 Å². The van der Waals surface area contributed by atoms with E-state index in [0.29, 0.717) is 37.0 Å². The fraction of sp³-hybridized carbons (Fsp3) is 0.533. The summed E-state index contributed by atoms with van der Waals surface area (Å²) in [5.41, 5.74) is 0.986. The average molecular weight is 355 g/mol. The van der Waals surface area contributed by atoms with Crippen molar-refractivity contribution in [2.75, 3.05) is 39.4 Å². The van der Waals surface area contributed by atoms with E-state index < -0.39 is 10.0 Å². The highest BCUT2D eigenvalue weighted by Gasteiger charge is 2.26. The number of ether oxygens (including phenoxy) is 1. The standard InChI is InChI=1S/C15H21N3O3S2/c19-23(20,18-7-9-21-10-8-18)14-4-1-3-13(11-14)12-22-15-16-5-2-6-17-15/h1,3-4,11H,2,5-10,12H2,(H,16,17). The van der Waals surface area contributed by atoms with Crippen LogP contribution in [-0.2, 0) is 20.5 Å². The third-order valence-corrected chi connectivity index (χ3v) is 6.67. The maximum atomic E-state index is 12.7. The molecular weight excluding hydrogens is 334 g/mol. The van der Waals surface area contributed by atoms with Crippen molar-refractivity contribution in [3.63, 3.8) is 0 Å². The Labute approximate surface area is 141 Å². The Morgan fingerprint density at radius 3 is 2.87 bits per heavy atom. The van der Waals surface area contributed by atoms with E-state index in [1.54, 1.807) is 30.0 Å². The second kappa shape index (κ2) is 7.65. The molecule has 0 aliphatic carbocycles. The normalized spacial score (nSPS) is 19.9. The van der Waals surface area contributed by atoms with Crippen LogP contribution in [0.2, 0.25) is 0 Å². The van der Waals surface area contributed by atoms with Crippen molar-refractivity contribution in [2.24, 2.45) is 4.99 Å². The molecule has 0 radical (unpaired) electrons. The first-order valence-electron chi connectivity index (χ1n) is 7.74. The van der Waals surface area contributed by atoms with Gasteiger partial charge in [-0.25, -0.2) is 8.42 Å². The van der Waals surface area contributed by atoms with E-state index in [1.165, 1.54) is 4.31 Å². The highest BCUT2D eigenvalue weighted by Crippen LogP contribution is 2.21. The third kappa shape index (κ3) is 4.26. The highest BCUT2D eigenvalue weighted by molar-refractivity contribution is 8.13. The van der Waals surface area contributed by atoms with Crippen molar-refractivity contribution < 1.29 is 13.2 Å². The van der Waals surface area contributed by atoms with Crippen molar-refractivity contribution in [1.29, 1.82) is 0 Å². The number of nitrogens with one attached hydrogen (secondary N) is 1. The number of thioether (sulfide) groups is 1. The molecule has 2 aliphatic rings. The van der Waals surface area contributed by atoms with E-state index in [9.17, 15) is 8.42 Å². The fourth-order valence-electron chi connectivity index (χ4n) is 2.49. The number of aliphatic imine (C=N–C) groups is 1. The van der Waals surface area contributed by atoms with E-state index in [1.807, 2.05) is 6.07 Å². The van der Waals surface area contributed by atoms with Gasteiger partial charge in [0.25, 0.3) is 0 Å². The van der Waals surface area contributed by atoms with Gasteiger partial charge in [-0.3, -0.25) is 4.99 Å². The highest BCUT2D eigenvalue weighted by atomic mass is 32.2. The molecule has 2 aliphatic heterocycles. The Morgan fingerprint density at radius 1 is 1.30 bits per heavy atom. The number of morpholine rings is 1. The Bertz CT molecular complexity index is 670. The summed E-state index contributed by atoms with van der Waals surface area (Å²) in [6.07, 6.45) is 1.07. The summed E-state index contributed by atoms with van der Waals surface area (Å²) in [5, 5.41) is 4.20. The molecule has 6 nitrogen and oxygen atoms in total. The Hall–Kier alpha value is -1.09. The van der Waals surface area contributed by atoms with E-state index in [2.05, 4.69) is 10.3 Å². The van der Waals surface area contributed by atoms with E-state index in [-0.39, 0.29) is 0 Å². The molecule has 2 heterocycles. The van der Waals surface area contributed by atoms with Crippen LogP contribution in [0.1, 0.15) is 12.0 Å². The minimum absolute atomic E-state index is 0.357. The minimum Gasteiger partial charge on any atom is -0.379 e. The van der Waals surface area contributed by atoms with Crippen molar-refractivity contribution >= 4 is 27.0 Å². The molecule has 0 atom stereocenters. The lowest BCUT2D eigenvalue weighted by Crippen LogP contribution is -2.40. The topological polar surface area (TPSA) is 71.0 Å². The zero-order valence-electron chi connectivity index (χ0n) is 12.9. The van der Waals surface area contributed by atoms with Gasteiger partial charge in [-0.05, 0) is 24.1 Å². The van der Waals surface area contributed by atoms with Gasteiger partial charge in [-0.15, -0.1) is 0 Å². The molecule has 0 bridgehead atoms. The van der Waals surface area contributed by atoms with Gasteiger partial charge in [0, 0.05) is 31.9 Å². The van der Waals surface area contributed by atoms with Crippen LogP contribution in [0, 0.1) is 0 Å². The van der Waals surface area contributed by atoms with Crippen LogP contribution in [0.3, 0.4) is 0 Å². The Kier molecular flexibility index (Phi) is 5.58. The molecule has 1 fully saturated rings. The second-order valence-corrected chi connectivity index (χ2v) is 8.32. The number of amidine groups is 1. The smallest absolute Gasteiger partial charge is 0.243 e. The largest absolute Gasteiger partial charge is 0.379 e. The zero-order chi connectivity index (χ0) is 16.1. The van der Waals surface area contributed by atoms with Gasteiger partial charge >= 0.3 is 0 Å². The van der Waals surface area contributed by atoms with Crippen LogP contribution in [0.15, 0.2) is 34.2 Å². The quantitative estimate of drug-likeness (QED) is 0.881. The molecular formula is C15H21N3O3S2. The van der Waals surface area contributed by atoms with Crippen molar-refractivity contribution in [2.45, 2.75) is 17.1 Å². The maximum absolute atomic E-state index is 12.7. The van der Waals surface area contributed by atoms with Gasteiger partial charge in [0.1, 0.15) is 0 Å². The van der Waals surface area contributed by atoms with Crippen LogP contribution >= 0.6 is 11.8 Å². The van der Waals surface area contributed by atoms with Gasteiger partial charge in [0.05, 0.1) is 18.1 Å². The lowest BCUT2D eigenvalue weighted by atomic mass is 10.2. The molecule has 23 heavy (non-hydrogen) atoms. The Morgan fingerprint density at radius 2 is 2.13 bits per heavy atom. The first-order chi connectivity index (χ1) is 11.2. The SMILES string of the molecule is O=S(=O)(c1cccc(CSC2=NCCCN2)c1)N1CCOCC1. The lowest BCUT2D eigenvalue weighted by Gasteiger charge is -2.26. The van der Waals surface area contributed by atoms with Gasteiger partial charge in [-0.1, -0.05) is 23.9 Å². The molecule has 0 aromatic heterocycles. The molecule has 0 spiro atoms. The molecule has 1 aromatic rings. The molecule has 1 N–H and O–H groups in total. The summed E-state index contributed by atoms with van der Waals surface area (Å²) in [5.74, 6) is 0.707. The summed E-state index contributed by atoms with van der Waals surface area (Å²) in [7, 11) is -3.43. The number of hydrogen-bond acceptors (Lipinski definition) is 6. The predicted octanol–water partition coefficient (Wildman–Crippen LogP) is 1.29. The summed E-state index contributed by atoms with van der Waals surface area (Å²) in [6.45, 7) is 3.57. The third-order valence-electron chi connectivity index (χ3n) is 3.75. The first-order valence-corrected chi connectivity index (χ1v) is 10.2. The van der Waals surface area contributed by atoms with Crippen LogP contribution < -0.4 is 5.32 Å². The summed E-state index contributed by atoms with van der Waals surface area (Å²) in [4.78, 5) is 4.77. The lowest BCUT2D eigenvalue weighted by molar-refractivity contribution is 0.0730. The average Bonchev–Trinajstić information content (AvgIpc) is 2.62. The maximum Gasteiger partial charge on any atom is 0.243 e. The monoisotopic (exact) mass is 355 g/mol. The van der Waals surface area contributed by atoms with Crippen molar-refractivity contribution in [1.82, 2.24) is 9.62 Å². The van der Waals surface area contributed by atoms with Crippen LogP contribution in [0.5, 0.6) is 0 Å². The van der Waals surface area contributed by atoms with E-state index >= 15 is 0 Å². The van der Waals surface area contributed by atoms with Crippen LogP contribution in [0.25, 0.3) is 0 Å². The van der Waals surface area contributed by atoms with Crippen LogP contribution in [-0.4, -0.2) is 57.3 Å². The molecule has 0 saturated carbocycles. The van der Waals surface area contributed by atoms with Crippen molar-refractivity contribution in [3.8, 4) is 0 Å². The number of rotatable bonds is 4. The van der Waals surface area contributed by atoms with Gasteiger partial charge < -0.3 is 10.1 Å². The predicted molar refractivity (Wildman–Crippen MR) is 92.2 cm³/mol. The molecule has 126 valence electrons. The molecule has 8 heteroatoms.